The minimum atomic E-state index is -0.639. The predicted octanol–water partition coefficient (Wildman–Crippen LogP) is 16.2. The van der Waals surface area contributed by atoms with Crippen LogP contribution in [0.15, 0.2) is 199 Å². The Morgan fingerprint density at radius 3 is 1.04 bits per heavy atom. The summed E-state index contributed by atoms with van der Waals surface area (Å²) in [4.78, 5) is 60.3. The first-order chi connectivity index (χ1) is 46.0. The fourth-order valence-electron chi connectivity index (χ4n) is 10.8. The van der Waals surface area contributed by atoms with Crippen LogP contribution in [0.2, 0.25) is 15.1 Å². The molecule has 3 N–H and O–H groups in total. The van der Waals surface area contributed by atoms with Gasteiger partial charge in [-0.2, -0.15) is 0 Å². The number of aliphatic imine (C=N–C) groups is 1. The van der Waals surface area contributed by atoms with Gasteiger partial charge < -0.3 is 58.0 Å². The number of aromatic hydroxyl groups is 3. The van der Waals surface area contributed by atoms with Crippen LogP contribution in [0.1, 0.15) is 142 Å². The number of esters is 5. The fourth-order valence-corrected chi connectivity index (χ4v) is 11.4. The molecule has 0 aromatic heterocycles. The van der Waals surface area contributed by atoms with Gasteiger partial charge in [0.2, 0.25) is 0 Å². The maximum Gasteiger partial charge on any atom is 0.313 e. The third-order valence-electron chi connectivity index (χ3n) is 15.4. The number of phenols is 3. The van der Waals surface area contributed by atoms with Crippen LogP contribution in [0, 0.1) is 17.8 Å². The van der Waals surface area contributed by atoms with Crippen molar-refractivity contribution in [3.63, 3.8) is 0 Å². The molecule has 0 saturated carbocycles. The molecule has 0 aliphatic carbocycles. The predicted molar refractivity (Wildman–Crippen MR) is 357 cm³/mol. The van der Waals surface area contributed by atoms with Crippen molar-refractivity contribution in [1.82, 2.24) is 0 Å². The van der Waals surface area contributed by atoms with Crippen LogP contribution in [-0.2, 0) is 66.6 Å². The highest BCUT2D eigenvalue weighted by Crippen LogP contribution is 2.47. The quantitative estimate of drug-likeness (QED) is 0.0248. The van der Waals surface area contributed by atoms with Crippen molar-refractivity contribution in [2.75, 3.05) is 26.4 Å². The van der Waals surface area contributed by atoms with Gasteiger partial charge in [-0.15, -0.1) is 0 Å². The van der Waals surface area contributed by atoms with E-state index in [1.54, 1.807) is 66.9 Å². The molecule has 2 unspecified atom stereocenters. The maximum atomic E-state index is 11.9. The zero-order valence-corrected chi connectivity index (χ0v) is 54.8. The average Bonchev–Trinajstić information content (AvgIpc) is 1.10. The molecule has 4 aliphatic rings. The van der Waals surface area contributed by atoms with Crippen LogP contribution >= 0.6 is 34.8 Å². The van der Waals surface area contributed by atoms with E-state index in [0.29, 0.717) is 109 Å². The van der Waals surface area contributed by atoms with Crippen molar-refractivity contribution < 1.29 is 81.9 Å². The molecule has 4 heterocycles. The molecular weight excluding hydrogens is 1280 g/mol. The van der Waals surface area contributed by atoms with Gasteiger partial charge in [-0.1, -0.05) is 180 Å². The summed E-state index contributed by atoms with van der Waals surface area (Å²) in [6.45, 7) is 4.08. The number of allylic oxidation sites excluding steroid dienone is 7. The monoisotopic (exact) mass is 1360 g/mol. The molecule has 6 aromatic carbocycles. The van der Waals surface area contributed by atoms with Crippen LogP contribution in [0.3, 0.4) is 0 Å². The van der Waals surface area contributed by atoms with Crippen molar-refractivity contribution in [3.8, 4) is 17.2 Å². The number of carbonyl (C=O) groups is 5. The van der Waals surface area contributed by atoms with Crippen molar-refractivity contribution in [2.24, 2.45) is 22.7 Å². The lowest BCUT2D eigenvalue weighted by Gasteiger charge is -2.37. The van der Waals surface area contributed by atoms with Gasteiger partial charge in [-0.05, 0) is 81.0 Å². The number of para-hydroxylation sites is 3. The van der Waals surface area contributed by atoms with E-state index in [-0.39, 0.29) is 59.9 Å². The van der Waals surface area contributed by atoms with Crippen molar-refractivity contribution >= 4 is 70.9 Å². The van der Waals surface area contributed by atoms with Crippen LogP contribution in [0.5, 0.6) is 17.2 Å². The van der Waals surface area contributed by atoms with Gasteiger partial charge in [-0.25, -0.2) is 0 Å². The Labute approximate surface area is 567 Å². The van der Waals surface area contributed by atoms with Crippen LogP contribution in [0.4, 0.5) is 0 Å². The number of benzene rings is 6. The number of rotatable bonds is 22. The lowest BCUT2D eigenvalue weighted by molar-refractivity contribution is -0.244. The van der Waals surface area contributed by atoms with E-state index >= 15 is 0 Å². The number of hydrogen-bond acceptors (Lipinski definition) is 18. The zero-order valence-electron chi connectivity index (χ0n) is 52.5. The Balaban J connectivity index is 0.000000183. The summed E-state index contributed by atoms with van der Waals surface area (Å²) in [6.07, 6.45) is 15.8. The van der Waals surface area contributed by atoms with Gasteiger partial charge >= 0.3 is 29.8 Å². The van der Waals surface area contributed by atoms with Crippen molar-refractivity contribution in [3.05, 3.63) is 242 Å². The Hall–Kier alpha value is -8.27. The first-order valence-electron chi connectivity index (χ1n) is 31.2. The maximum absolute atomic E-state index is 11.9. The summed E-state index contributed by atoms with van der Waals surface area (Å²) in [5, 5.41) is 32.9. The first kappa shape index (κ1) is 72.6. The largest absolute Gasteiger partial charge is 0.508 e. The van der Waals surface area contributed by atoms with Gasteiger partial charge in [0.15, 0.2) is 18.9 Å². The Morgan fingerprint density at radius 2 is 0.747 bits per heavy atom. The van der Waals surface area contributed by atoms with E-state index in [9.17, 15) is 39.3 Å². The summed E-state index contributed by atoms with van der Waals surface area (Å²) in [5.74, 6) is -1.60. The number of halogens is 3. The molecule has 4 aliphatic heterocycles. The molecule has 0 radical (unpaired) electrons. The molecule has 6 aromatic rings. The number of phenolic OH excluding ortho intramolecular Hbond substituents is 3. The molecular formula is C74H76Cl3NO17. The molecule has 21 heteroatoms. The van der Waals surface area contributed by atoms with Crippen LogP contribution in [-0.4, -0.2) is 77.7 Å². The second-order valence-electron chi connectivity index (χ2n) is 22.5. The minimum Gasteiger partial charge on any atom is -0.508 e. The van der Waals surface area contributed by atoms with Gasteiger partial charge in [0.25, 0.3) is 0 Å². The van der Waals surface area contributed by atoms with Gasteiger partial charge in [0.05, 0.1) is 44.7 Å². The molecule has 9 atom stereocenters. The molecule has 18 nitrogen and oxygen atoms in total. The summed E-state index contributed by atoms with van der Waals surface area (Å²) in [5.41, 5.74) is 4.32. The standard InChI is InChI=1S/C26H26ClNO5.2C24H25ClO6/c27-22-11-6-4-9-20(22)26-31-17-18(25(33-26)21-10-5-7-12-23(21)29)8-2-1-3-13-24(30)32-19-14-15-28-16-19;2*1-16(26)30-22(28)14-4-2-3-9-17-15-29-24(18-10-5-7-12-20(18)25)31-23(17)19-11-6-8-13-21(19)27/h1-2,4-7,9-12,14-15,18,25-26,29H,3,8,13,16-17H2;2*2-3,5-8,10-13,17,23-24,27H,4,9,14-15H2,1H3/b2-1-;2*3-2-/t18-,25+,26?;17-,23+,24?;17-,23+,24+/m110/s1. The molecule has 0 amide bonds. The minimum absolute atomic E-state index is 0.0129. The molecule has 0 bridgehead atoms. The van der Waals surface area contributed by atoms with Crippen LogP contribution in [0.25, 0.3) is 0 Å². The van der Waals surface area contributed by atoms with Gasteiger partial charge in [-0.3, -0.25) is 29.0 Å². The normalized spacial score (nSPS) is 21.6. The molecule has 95 heavy (non-hydrogen) atoms. The molecule has 3 fully saturated rings. The van der Waals surface area contributed by atoms with E-state index in [2.05, 4.69) is 14.5 Å². The van der Waals surface area contributed by atoms with E-state index in [1.165, 1.54) is 13.8 Å². The summed E-state index contributed by atoms with van der Waals surface area (Å²) in [7, 11) is 0. The first-order valence-corrected chi connectivity index (χ1v) is 32.3. The summed E-state index contributed by atoms with van der Waals surface area (Å²) in [6, 6.07) is 43.5. The summed E-state index contributed by atoms with van der Waals surface area (Å²) >= 11 is 19.0. The third kappa shape index (κ3) is 22.4. The molecule has 500 valence electrons. The average molecular weight is 1360 g/mol. The van der Waals surface area contributed by atoms with E-state index in [4.69, 9.17) is 68.0 Å². The number of carbonyl (C=O) groups excluding carboxylic acids is 5. The third-order valence-corrected chi connectivity index (χ3v) is 16.5. The fraction of sp³-hybridized carbons (Fsp3) is 0.324. The van der Waals surface area contributed by atoms with Crippen molar-refractivity contribution in [1.29, 1.82) is 0 Å². The highest BCUT2D eigenvalue weighted by molar-refractivity contribution is 6.32. The zero-order chi connectivity index (χ0) is 67.5. The van der Waals surface area contributed by atoms with Gasteiger partial charge in [0.1, 0.15) is 23.0 Å². The molecule has 3 saturated heterocycles. The van der Waals surface area contributed by atoms with Crippen molar-refractivity contribution in [2.45, 2.75) is 109 Å². The topological polar surface area (TPSA) is 241 Å². The Bertz CT molecular complexity index is 3550. The lowest BCUT2D eigenvalue weighted by atomic mass is 9.91. The van der Waals surface area contributed by atoms with Crippen LogP contribution < -0.4 is 0 Å². The smallest absolute Gasteiger partial charge is 0.313 e. The molecule has 10 rings (SSSR count). The number of ether oxygens (including phenoxy) is 9. The number of hydrogen-bond donors (Lipinski definition) is 3. The van der Waals surface area contributed by atoms with Gasteiger partial charge in [0, 0.05) is 106 Å². The SMILES string of the molecule is CC(=O)OC(=O)CC/C=C\C[C@@H]1COC(c2ccccc2Cl)O[C@@H]1c1ccccc1O.CC(=O)OC(=O)CC/C=C\C[C@H]1CO[C@@H](c2ccccc2Cl)O[C@H]1c1ccccc1O.O=C(CC/C=C\C[C@@H]1COC(c2ccccc2Cl)O[C@@H]1c1ccccc1O)OC1=CC=NC1. The second-order valence-corrected chi connectivity index (χ2v) is 23.7. The highest BCUT2D eigenvalue weighted by atomic mass is 35.5. The van der Waals surface area contributed by atoms with E-state index in [1.807, 2.05) is 127 Å². The lowest BCUT2D eigenvalue weighted by Crippen LogP contribution is -2.30. The Morgan fingerprint density at radius 1 is 0.442 bits per heavy atom. The highest BCUT2D eigenvalue weighted by Gasteiger charge is 2.38. The number of nitrogens with zero attached hydrogens (tertiary/aromatic N) is 1. The second kappa shape index (κ2) is 37.7. The molecule has 0 spiro atoms. The van der Waals surface area contributed by atoms with E-state index in [0.717, 1.165) is 16.7 Å². The summed E-state index contributed by atoms with van der Waals surface area (Å²) < 4.78 is 51.0. The Kier molecular flexibility index (Phi) is 28.8. The van der Waals surface area contributed by atoms with E-state index < -0.39 is 55.0 Å².